The number of aromatic nitrogens is 2. The fourth-order valence-corrected chi connectivity index (χ4v) is 1.18. The Morgan fingerprint density at radius 1 is 1.50 bits per heavy atom. The van der Waals surface area contributed by atoms with Crippen molar-refractivity contribution in [2.24, 2.45) is 0 Å². The van der Waals surface area contributed by atoms with Crippen molar-refractivity contribution in [3.05, 3.63) is 30.2 Å². The van der Waals surface area contributed by atoms with E-state index in [1.807, 2.05) is 6.20 Å². The second kappa shape index (κ2) is 2.37. The molecule has 1 aromatic heterocycles. The van der Waals surface area contributed by atoms with Gasteiger partial charge >= 0.3 is 0 Å². The van der Waals surface area contributed by atoms with Crippen LogP contribution in [0.3, 0.4) is 0 Å². The molecule has 2 radical (unpaired) electrons. The Kier molecular flexibility index (Phi) is 1.38. The van der Waals surface area contributed by atoms with Gasteiger partial charge in [-0.15, -0.1) is 0 Å². The second-order valence-electron chi connectivity index (χ2n) is 2.41. The molecule has 1 aliphatic carbocycles. The fourth-order valence-electron chi connectivity index (χ4n) is 1.18. The maximum atomic E-state index is 4.15. The van der Waals surface area contributed by atoms with E-state index in [9.17, 15) is 0 Å². The maximum absolute atomic E-state index is 4.15. The molecule has 2 rings (SSSR count). The van der Waals surface area contributed by atoms with Crippen LogP contribution in [0.15, 0.2) is 12.5 Å². The lowest BCUT2D eigenvalue weighted by Gasteiger charge is -2.11. The van der Waals surface area contributed by atoms with Gasteiger partial charge < -0.3 is 0 Å². The van der Waals surface area contributed by atoms with Crippen LogP contribution in [0, 0.1) is 6.42 Å². The summed E-state index contributed by atoms with van der Waals surface area (Å²) in [6, 6.07) is 0. The molecule has 0 aliphatic heterocycles. The van der Waals surface area contributed by atoms with Crippen LogP contribution in [-0.4, -0.2) is 9.97 Å². The first-order valence-electron chi connectivity index (χ1n) is 3.49. The van der Waals surface area contributed by atoms with Gasteiger partial charge in [0.15, 0.2) is 0 Å². The summed E-state index contributed by atoms with van der Waals surface area (Å²) >= 11 is 0. The number of aryl methyl sites for hydroxylation is 1. The normalized spacial score (nSPS) is 16.4. The molecular formula is C8H8N2. The number of hydrogen-bond donors (Lipinski definition) is 0. The Balaban J connectivity index is 2.41. The van der Waals surface area contributed by atoms with E-state index >= 15 is 0 Å². The lowest BCUT2D eigenvalue weighted by atomic mass is 9.98. The maximum Gasteiger partial charge on any atom is 0.115 e. The zero-order valence-corrected chi connectivity index (χ0v) is 5.67. The highest BCUT2D eigenvalue weighted by atomic mass is 14.8. The fraction of sp³-hybridized carbons (Fsp3) is 0.375. The van der Waals surface area contributed by atoms with Gasteiger partial charge in [0.05, 0.1) is 0 Å². The minimum atomic E-state index is 1.06. The van der Waals surface area contributed by atoms with Crippen molar-refractivity contribution in [3.8, 4) is 0 Å². The lowest BCUT2D eigenvalue weighted by molar-refractivity contribution is 0.743. The number of fused-ring (bicyclic) bond motifs is 1. The number of hydrogen-bond acceptors (Lipinski definition) is 2. The van der Waals surface area contributed by atoms with Crippen molar-refractivity contribution in [3.63, 3.8) is 0 Å². The zero-order valence-electron chi connectivity index (χ0n) is 5.67. The van der Waals surface area contributed by atoms with Crippen molar-refractivity contribution < 1.29 is 0 Å². The van der Waals surface area contributed by atoms with E-state index in [0.717, 1.165) is 24.1 Å². The highest BCUT2D eigenvalue weighted by Crippen LogP contribution is 2.18. The molecule has 1 heterocycles. The second-order valence-corrected chi connectivity index (χ2v) is 2.41. The van der Waals surface area contributed by atoms with E-state index in [4.69, 9.17) is 0 Å². The van der Waals surface area contributed by atoms with Crippen LogP contribution in [0.5, 0.6) is 0 Å². The summed E-state index contributed by atoms with van der Waals surface area (Å²) in [6.07, 6.45) is 10.0. The van der Waals surface area contributed by atoms with E-state index < -0.39 is 0 Å². The van der Waals surface area contributed by atoms with Gasteiger partial charge in [0.2, 0.25) is 0 Å². The molecule has 1 aromatic rings. The lowest BCUT2D eigenvalue weighted by Crippen LogP contribution is -2.03. The number of nitrogens with zero attached hydrogens (tertiary/aromatic N) is 2. The SMILES string of the molecule is [C]1CCCc2ncncc21. The van der Waals surface area contributed by atoms with Gasteiger partial charge in [-0.25, -0.2) is 9.97 Å². The van der Waals surface area contributed by atoms with E-state index in [-0.39, 0.29) is 0 Å². The number of rotatable bonds is 0. The Morgan fingerprint density at radius 2 is 2.50 bits per heavy atom. The molecule has 0 saturated carbocycles. The van der Waals surface area contributed by atoms with E-state index in [2.05, 4.69) is 16.4 Å². The van der Waals surface area contributed by atoms with Crippen LogP contribution in [0.2, 0.25) is 0 Å². The molecule has 0 N–H and O–H groups in total. The predicted octanol–water partition coefficient (Wildman–Crippen LogP) is 1.24. The highest BCUT2D eigenvalue weighted by Gasteiger charge is 2.09. The first kappa shape index (κ1) is 5.83. The first-order chi connectivity index (χ1) is 4.97. The van der Waals surface area contributed by atoms with Gasteiger partial charge in [0.1, 0.15) is 6.33 Å². The van der Waals surface area contributed by atoms with Gasteiger partial charge in [-0.1, -0.05) is 0 Å². The minimum Gasteiger partial charge on any atom is -0.244 e. The minimum absolute atomic E-state index is 1.06. The van der Waals surface area contributed by atoms with Crippen LogP contribution in [0.1, 0.15) is 24.1 Å². The van der Waals surface area contributed by atoms with Crippen LogP contribution in [0.4, 0.5) is 0 Å². The Labute approximate surface area is 60.3 Å². The van der Waals surface area contributed by atoms with Crippen molar-refractivity contribution in [1.82, 2.24) is 9.97 Å². The highest BCUT2D eigenvalue weighted by molar-refractivity contribution is 5.26. The largest absolute Gasteiger partial charge is 0.244 e. The zero-order chi connectivity index (χ0) is 6.81. The molecule has 10 heavy (non-hydrogen) atoms. The molecule has 2 nitrogen and oxygen atoms in total. The van der Waals surface area contributed by atoms with Gasteiger partial charge in [-0.2, -0.15) is 0 Å². The van der Waals surface area contributed by atoms with Crippen LogP contribution < -0.4 is 0 Å². The molecule has 2 heteroatoms. The molecule has 0 bridgehead atoms. The van der Waals surface area contributed by atoms with E-state index in [1.165, 1.54) is 6.42 Å². The third-order valence-electron chi connectivity index (χ3n) is 1.70. The predicted molar refractivity (Wildman–Crippen MR) is 37.3 cm³/mol. The molecule has 0 unspecified atom stereocenters. The van der Waals surface area contributed by atoms with Crippen LogP contribution >= 0.6 is 0 Å². The van der Waals surface area contributed by atoms with Crippen molar-refractivity contribution in [2.45, 2.75) is 19.3 Å². The average Bonchev–Trinajstić information content (AvgIpc) is 2.05. The average molecular weight is 132 g/mol. The smallest absolute Gasteiger partial charge is 0.115 e. The molecule has 0 aromatic carbocycles. The van der Waals surface area contributed by atoms with E-state index in [0.29, 0.717) is 0 Å². The standard InChI is InChI=1S/C8H8N2/c1-2-4-8-7(3-1)5-9-6-10-8/h5-6H,1-2,4H2. The molecule has 0 amide bonds. The Hall–Kier alpha value is -0.920. The third-order valence-corrected chi connectivity index (χ3v) is 1.70. The van der Waals surface area contributed by atoms with Gasteiger partial charge in [0, 0.05) is 23.9 Å². The van der Waals surface area contributed by atoms with Gasteiger partial charge in [0.25, 0.3) is 0 Å². The molecule has 0 atom stereocenters. The van der Waals surface area contributed by atoms with Crippen molar-refractivity contribution in [1.29, 1.82) is 0 Å². The summed E-state index contributed by atoms with van der Waals surface area (Å²) in [7, 11) is 0. The van der Waals surface area contributed by atoms with Crippen LogP contribution in [-0.2, 0) is 6.42 Å². The molecule has 0 fully saturated rings. The summed E-state index contributed by atoms with van der Waals surface area (Å²) < 4.78 is 0. The summed E-state index contributed by atoms with van der Waals surface area (Å²) in [5.74, 6) is 0. The Bertz CT molecular complexity index is 207. The quantitative estimate of drug-likeness (QED) is 0.530. The topological polar surface area (TPSA) is 25.8 Å². The molecule has 50 valence electrons. The third kappa shape index (κ3) is 0.897. The summed E-state index contributed by atoms with van der Waals surface area (Å²) in [5, 5.41) is 0. The molecular weight excluding hydrogens is 124 g/mol. The van der Waals surface area contributed by atoms with Gasteiger partial charge in [-0.3, -0.25) is 0 Å². The molecule has 0 saturated heterocycles. The monoisotopic (exact) mass is 132 g/mol. The summed E-state index contributed by atoms with van der Waals surface area (Å²) in [5.41, 5.74) is 2.26. The van der Waals surface area contributed by atoms with Crippen LogP contribution in [0.25, 0.3) is 0 Å². The van der Waals surface area contributed by atoms with E-state index in [1.54, 1.807) is 6.33 Å². The van der Waals surface area contributed by atoms with Gasteiger partial charge in [-0.05, 0) is 19.3 Å². The molecule has 0 spiro atoms. The Morgan fingerprint density at radius 3 is 3.40 bits per heavy atom. The van der Waals surface area contributed by atoms with Crippen molar-refractivity contribution >= 4 is 0 Å². The first-order valence-corrected chi connectivity index (χ1v) is 3.49. The molecule has 1 aliphatic rings. The summed E-state index contributed by atoms with van der Waals surface area (Å²) in [4.78, 5) is 8.07. The van der Waals surface area contributed by atoms with Crippen molar-refractivity contribution in [2.75, 3.05) is 0 Å². The summed E-state index contributed by atoms with van der Waals surface area (Å²) in [6.45, 7) is 0.